The third kappa shape index (κ3) is 2.25. The molecule has 0 unspecified atom stereocenters. The molecule has 0 radical (unpaired) electrons. The Kier molecular flexibility index (Phi) is 3.35. The summed E-state index contributed by atoms with van der Waals surface area (Å²) in [6.45, 7) is 6.22. The fourth-order valence-electron chi connectivity index (χ4n) is 2.48. The number of rotatable bonds is 3. The number of anilines is 1. The molecule has 1 aromatic carbocycles. The first-order valence-corrected chi connectivity index (χ1v) is 7.04. The Morgan fingerprint density at radius 2 is 1.90 bits per heavy atom. The van der Waals surface area contributed by atoms with E-state index in [-0.39, 0.29) is 0 Å². The van der Waals surface area contributed by atoms with Crippen molar-refractivity contribution in [2.45, 2.75) is 26.7 Å². The van der Waals surface area contributed by atoms with E-state index in [0.717, 1.165) is 34.0 Å². The summed E-state index contributed by atoms with van der Waals surface area (Å²) in [6.07, 6.45) is 0. The first-order chi connectivity index (χ1) is 10.1. The van der Waals surface area contributed by atoms with Crippen molar-refractivity contribution in [3.8, 4) is 11.1 Å². The van der Waals surface area contributed by atoms with Crippen LogP contribution in [0.2, 0.25) is 0 Å². The number of hydrogen-bond donors (Lipinski definition) is 2. The molecule has 0 saturated heterocycles. The van der Waals surface area contributed by atoms with E-state index in [1.54, 1.807) is 4.52 Å². The fourth-order valence-corrected chi connectivity index (χ4v) is 2.48. The number of nitrogens with zero attached hydrogens (tertiary/aromatic N) is 3. The smallest absolute Gasteiger partial charge is 0.165 e. The van der Waals surface area contributed by atoms with E-state index >= 15 is 0 Å². The van der Waals surface area contributed by atoms with E-state index in [0.29, 0.717) is 5.92 Å². The second kappa shape index (κ2) is 5.18. The number of nitrogens with one attached hydrogen (secondary N) is 1. The van der Waals surface area contributed by atoms with Crippen molar-refractivity contribution in [2.24, 2.45) is 5.84 Å². The number of nitrogen functional groups attached to an aromatic ring is 1. The van der Waals surface area contributed by atoms with Crippen LogP contribution in [0.5, 0.6) is 0 Å². The number of aromatic nitrogens is 3. The minimum Gasteiger partial charge on any atom is -0.308 e. The van der Waals surface area contributed by atoms with Crippen LogP contribution in [0.1, 0.15) is 31.2 Å². The Morgan fingerprint density at radius 1 is 1.19 bits per heavy atom. The number of nitrogens with two attached hydrogens (primary N) is 1. The summed E-state index contributed by atoms with van der Waals surface area (Å²) in [6, 6.07) is 12.1. The molecular weight excluding hydrogens is 262 g/mol. The van der Waals surface area contributed by atoms with Gasteiger partial charge in [-0.1, -0.05) is 44.2 Å². The van der Waals surface area contributed by atoms with Gasteiger partial charge in [-0.3, -0.25) is 0 Å². The van der Waals surface area contributed by atoms with Gasteiger partial charge in [0.15, 0.2) is 5.65 Å². The zero-order valence-corrected chi connectivity index (χ0v) is 12.5. The molecule has 108 valence electrons. The van der Waals surface area contributed by atoms with Crippen LogP contribution < -0.4 is 11.3 Å². The maximum atomic E-state index is 5.64. The van der Waals surface area contributed by atoms with Crippen LogP contribution in [0.25, 0.3) is 16.8 Å². The lowest BCUT2D eigenvalue weighted by atomic mass is 10.1. The van der Waals surface area contributed by atoms with Crippen LogP contribution in [0.3, 0.4) is 0 Å². The van der Waals surface area contributed by atoms with Crippen LogP contribution >= 0.6 is 0 Å². The van der Waals surface area contributed by atoms with E-state index in [1.165, 1.54) is 0 Å². The molecule has 0 aliphatic rings. The third-order valence-corrected chi connectivity index (χ3v) is 3.59. The molecule has 0 bridgehead atoms. The number of hydrogen-bond acceptors (Lipinski definition) is 4. The zero-order valence-electron chi connectivity index (χ0n) is 12.5. The van der Waals surface area contributed by atoms with E-state index in [4.69, 9.17) is 10.8 Å². The van der Waals surface area contributed by atoms with Crippen molar-refractivity contribution in [3.63, 3.8) is 0 Å². The molecule has 3 rings (SSSR count). The van der Waals surface area contributed by atoms with Crippen molar-refractivity contribution < 1.29 is 0 Å². The average molecular weight is 281 g/mol. The molecule has 0 aliphatic heterocycles. The standard InChI is InChI=1S/C16H19N5/c1-10(2)13-9-14(19-17)21-16(18-13)15(11(3)20-21)12-7-5-4-6-8-12/h4-10,19H,17H2,1-3H3. The number of hydrazine groups is 1. The lowest BCUT2D eigenvalue weighted by Crippen LogP contribution is -2.13. The average Bonchev–Trinajstić information content (AvgIpc) is 2.82. The maximum absolute atomic E-state index is 5.64. The van der Waals surface area contributed by atoms with Gasteiger partial charge < -0.3 is 5.43 Å². The van der Waals surface area contributed by atoms with Gasteiger partial charge >= 0.3 is 0 Å². The highest BCUT2D eigenvalue weighted by Gasteiger charge is 2.17. The SMILES string of the molecule is Cc1nn2c(NN)cc(C(C)C)nc2c1-c1ccccc1. The summed E-state index contributed by atoms with van der Waals surface area (Å²) in [4.78, 5) is 4.79. The lowest BCUT2D eigenvalue weighted by Gasteiger charge is -2.10. The summed E-state index contributed by atoms with van der Waals surface area (Å²) in [7, 11) is 0. The molecule has 0 fully saturated rings. The molecule has 0 atom stereocenters. The number of fused-ring (bicyclic) bond motifs is 1. The highest BCUT2D eigenvalue weighted by atomic mass is 15.4. The zero-order chi connectivity index (χ0) is 15.0. The molecule has 5 heteroatoms. The Labute approximate surface area is 123 Å². The summed E-state index contributed by atoms with van der Waals surface area (Å²) in [5, 5.41) is 4.57. The molecular formula is C16H19N5. The highest BCUT2D eigenvalue weighted by molar-refractivity contribution is 5.80. The van der Waals surface area contributed by atoms with Gasteiger partial charge in [0.1, 0.15) is 5.82 Å². The maximum Gasteiger partial charge on any atom is 0.165 e. The number of aryl methyl sites for hydroxylation is 1. The summed E-state index contributed by atoms with van der Waals surface area (Å²) in [5.41, 5.74) is 7.64. The molecule has 2 heterocycles. The van der Waals surface area contributed by atoms with Crippen molar-refractivity contribution in [1.29, 1.82) is 0 Å². The second-order valence-corrected chi connectivity index (χ2v) is 5.43. The summed E-state index contributed by atoms with van der Waals surface area (Å²) >= 11 is 0. The second-order valence-electron chi connectivity index (χ2n) is 5.43. The summed E-state index contributed by atoms with van der Waals surface area (Å²) < 4.78 is 1.77. The topological polar surface area (TPSA) is 68.2 Å². The Bertz CT molecular complexity index is 774. The predicted molar refractivity (Wildman–Crippen MR) is 85.1 cm³/mol. The van der Waals surface area contributed by atoms with Gasteiger partial charge in [0.2, 0.25) is 0 Å². The van der Waals surface area contributed by atoms with E-state index < -0.39 is 0 Å². The van der Waals surface area contributed by atoms with Crippen molar-refractivity contribution >= 4 is 11.5 Å². The van der Waals surface area contributed by atoms with Gasteiger partial charge in [-0.2, -0.15) is 9.61 Å². The van der Waals surface area contributed by atoms with Crippen LogP contribution in [-0.4, -0.2) is 14.6 Å². The Balaban J connectivity index is 2.35. The van der Waals surface area contributed by atoms with Gasteiger partial charge in [0, 0.05) is 17.3 Å². The molecule has 3 aromatic rings. The van der Waals surface area contributed by atoms with Crippen molar-refractivity contribution in [2.75, 3.05) is 5.43 Å². The van der Waals surface area contributed by atoms with E-state index in [1.807, 2.05) is 31.2 Å². The summed E-state index contributed by atoms with van der Waals surface area (Å²) in [5.74, 6) is 6.71. The predicted octanol–water partition coefficient (Wildman–Crippen LogP) is 3.11. The van der Waals surface area contributed by atoms with Crippen LogP contribution in [-0.2, 0) is 0 Å². The lowest BCUT2D eigenvalue weighted by molar-refractivity contribution is 0.808. The van der Waals surface area contributed by atoms with Gasteiger partial charge in [-0.25, -0.2) is 10.8 Å². The van der Waals surface area contributed by atoms with Gasteiger partial charge in [-0.15, -0.1) is 0 Å². The Hall–Kier alpha value is -2.40. The van der Waals surface area contributed by atoms with Crippen molar-refractivity contribution in [1.82, 2.24) is 14.6 Å². The minimum atomic E-state index is 0.320. The molecule has 0 amide bonds. The quantitative estimate of drug-likeness (QED) is 0.572. The highest BCUT2D eigenvalue weighted by Crippen LogP contribution is 2.30. The molecule has 0 aliphatic carbocycles. The molecule has 0 saturated carbocycles. The third-order valence-electron chi connectivity index (χ3n) is 3.59. The first kappa shape index (κ1) is 13.6. The van der Waals surface area contributed by atoms with Crippen LogP contribution in [0.4, 0.5) is 5.82 Å². The van der Waals surface area contributed by atoms with Crippen LogP contribution in [0.15, 0.2) is 36.4 Å². The van der Waals surface area contributed by atoms with Gasteiger partial charge in [0.05, 0.1) is 5.69 Å². The number of benzene rings is 1. The monoisotopic (exact) mass is 281 g/mol. The largest absolute Gasteiger partial charge is 0.308 e. The molecule has 2 aromatic heterocycles. The van der Waals surface area contributed by atoms with Gasteiger partial charge in [-0.05, 0) is 18.4 Å². The fraction of sp³-hybridized carbons (Fsp3) is 0.250. The molecule has 0 spiro atoms. The van der Waals surface area contributed by atoms with Crippen molar-refractivity contribution in [3.05, 3.63) is 47.8 Å². The van der Waals surface area contributed by atoms with E-state index in [2.05, 4.69) is 36.5 Å². The van der Waals surface area contributed by atoms with Crippen LogP contribution in [0, 0.1) is 6.92 Å². The molecule has 21 heavy (non-hydrogen) atoms. The minimum absolute atomic E-state index is 0.320. The molecule has 5 nitrogen and oxygen atoms in total. The molecule has 3 N–H and O–H groups in total. The first-order valence-electron chi connectivity index (χ1n) is 7.04. The normalized spacial score (nSPS) is 11.3. The van der Waals surface area contributed by atoms with Gasteiger partial charge in [0.25, 0.3) is 0 Å². The Morgan fingerprint density at radius 3 is 2.52 bits per heavy atom. The van der Waals surface area contributed by atoms with E-state index in [9.17, 15) is 0 Å².